The van der Waals surface area contributed by atoms with E-state index in [0.29, 0.717) is 18.6 Å². The maximum atomic E-state index is 13.1. The number of fused-ring (bicyclic) bond motifs is 1. The normalized spacial score (nSPS) is 32.2. The van der Waals surface area contributed by atoms with Crippen LogP contribution in [-0.2, 0) is 4.79 Å². The third-order valence-corrected chi connectivity index (χ3v) is 3.57. The zero-order chi connectivity index (χ0) is 13.6. The summed E-state index contributed by atoms with van der Waals surface area (Å²) in [7, 11) is 0. The van der Waals surface area contributed by atoms with Crippen molar-refractivity contribution in [3.8, 4) is 0 Å². The minimum absolute atomic E-state index is 0.123. The number of aliphatic hydroxyl groups is 1. The summed E-state index contributed by atoms with van der Waals surface area (Å²) < 4.78 is 39.4. The first-order chi connectivity index (χ1) is 8.32. The molecule has 0 bridgehead atoms. The largest absolute Gasteiger partial charge is 0.439 e. The van der Waals surface area contributed by atoms with E-state index in [4.69, 9.17) is 0 Å². The Hall–Kier alpha value is -1.11. The van der Waals surface area contributed by atoms with E-state index in [1.165, 1.54) is 6.92 Å². The van der Waals surface area contributed by atoms with Crippen molar-refractivity contribution < 1.29 is 23.1 Å². The first kappa shape index (κ1) is 13.3. The van der Waals surface area contributed by atoms with Crippen molar-refractivity contribution in [3.05, 3.63) is 0 Å². The number of nitrogens with zero attached hydrogens (tertiary/aromatic N) is 2. The Morgan fingerprint density at radius 3 is 2.78 bits per heavy atom. The van der Waals surface area contributed by atoms with Gasteiger partial charge in [0.15, 0.2) is 0 Å². The zero-order valence-electron chi connectivity index (χ0n) is 10.00. The minimum Gasteiger partial charge on any atom is -0.362 e. The summed E-state index contributed by atoms with van der Waals surface area (Å²) in [5.41, 5.74) is -2.86. The van der Waals surface area contributed by atoms with Gasteiger partial charge in [0.05, 0.1) is 5.92 Å². The third-order valence-electron chi connectivity index (χ3n) is 3.57. The van der Waals surface area contributed by atoms with Crippen molar-refractivity contribution in [2.24, 2.45) is 11.0 Å². The zero-order valence-corrected chi connectivity index (χ0v) is 10.00. The number of alkyl halides is 3. The van der Waals surface area contributed by atoms with E-state index in [9.17, 15) is 23.1 Å². The van der Waals surface area contributed by atoms with Crippen LogP contribution in [0.5, 0.6) is 0 Å². The third kappa shape index (κ3) is 1.72. The van der Waals surface area contributed by atoms with Crippen LogP contribution in [0.4, 0.5) is 13.2 Å². The van der Waals surface area contributed by atoms with Gasteiger partial charge in [-0.1, -0.05) is 13.3 Å². The van der Waals surface area contributed by atoms with Crippen LogP contribution in [0.1, 0.15) is 39.0 Å². The number of hydrogen-bond acceptors (Lipinski definition) is 3. The van der Waals surface area contributed by atoms with E-state index in [1.54, 1.807) is 0 Å². The summed E-state index contributed by atoms with van der Waals surface area (Å²) in [5, 5.41) is 14.0. The molecule has 0 radical (unpaired) electrons. The molecule has 4 nitrogen and oxygen atoms in total. The summed E-state index contributed by atoms with van der Waals surface area (Å²) in [6.07, 6.45) is -3.04. The van der Waals surface area contributed by atoms with Crippen molar-refractivity contribution >= 4 is 11.6 Å². The van der Waals surface area contributed by atoms with Crippen LogP contribution in [0.2, 0.25) is 0 Å². The van der Waals surface area contributed by atoms with Gasteiger partial charge < -0.3 is 5.11 Å². The molecule has 0 aromatic heterocycles. The molecule has 2 atom stereocenters. The summed E-state index contributed by atoms with van der Waals surface area (Å²) >= 11 is 0. The summed E-state index contributed by atoms with van der Waals surface area (Å²) in [4.78, 5) is 11.6. The fourth-order valence-corrected chi connectivity index (χ4v) is 2.61. The van der Waals surface area contributed by atoms with E-state index < -0.39 is 23.7 Å². The molecule has 0 aromatic carbocycles. The molecule has 1 N–H and O–H groups in total. The van der Waals surface area contributed by atoms with E-state index in [-0.39, 0.29) is 17.9 Å². The average molecular weight is 264 g/mol. The van der Waals surface area contributed by atoms with E-state index >= 15 is 0 Å². The lowest BCUT2D eigenvalue weighted by Gasteiger charge is -2.38. The monoisotopic (exact) mass is 264 g/mol. The number of rotatable bonds is 1. The average Bonchev–Trinajstić information content (AvgIpc) is 2.63. The second kappa shape index (κ2) is 4.22. The van der Waals surface area contributed by atoms with E-state index in [0.717, 1.165) is 6.42 Å². The van der Waals surface area contributed by atoms with Gasteiger partial charge in [0.25, 0.3) is 5.72 Å². The fourth-order valence-electron chi connectivity index (χ4n) is 2.61. The molecule has 102 valence electrons. The van der Waals surface area contributed by atoms with Gasteiger partial charge in [-0.15, -0.1) is 0 Å². The maximum Gasteiger partial charge on any atom is 0.439 e. The van der Waals surface area contributed by atoms with Gasteiger partial charge in [-0.25, -0.2) is 0 Å². The number of amides is 1. The molecule has 1 heterocycles. The molecular weight excluding hydrogens is 249 g/mol. The second-order valence-electron chi connectivity index (χ2n) is 4.67. The van der Waals surface area contributed by atoms with Gasteiger partial charge >= 0.3 is 6.18 Å². The van der Waals surface area contributed by atoms with Crippen LogP contribution in [0.15, 0.2) is 5.10 Å². The highest BCUT2D eigenvalue weighted by Crippen LogP contribution is 2.48. The minimum atomic E-state index is -4.90. The van der Waals surface area contributed by atoms with Crippen molar-refractivity contribution in [2.75, 3.05) is 0 Å². The highest BCUT2D eigenvalue weighted by molar-refractivity contribution is 5.93. The molecule has 1 aliphatic carbocycles. The Morgan fingerprint density at radius 2 is 2.22 bits per heavy atom. The van der Waals surface area contributed by atoms with Crippen LogP contribution < -0.4 is 0 Å². The molecule has 0 saturated heterocycles. The van der Waals surface area contributed by atoms with Crippen LogP contribution in [-0.4, -0.2) is 33.6 Å². The van der Waals surface area contributed by atoms with Crippen molar-refractivity contribution in [3.63, 3.8) is 0 Å². The molecular formula is C11H15F3N2O2. The number of halogens is 3. The quantitative estimate of drug-likeness (QED) is 0.788. The highest BCUT2D eigenvalue weighted by Gasteiger charge is 2.68. The van der Waals surface area contributed by atoms with Gasteiger partial charge in [-0.3, -0.25) is 4.79 Å². The Morgan fingerprint density at radius 1 is 1.56 bits per heavy atom. The van der Waals surface area contributed by atoms with Gasteiger partial charge in [0.1, 0.15) is 0 Å². The lowest BCUT2D eigenvalue weighted by Crippen LogP contribution is -2.61. The topological polar surface area (TPSA) is 52.9 Å². The molecule has 2 unspecified atom stereocenters. The Balaban J connectivity index is 2.43. The molecule has 2 aliphatic rings. The number of carbonyl (C=O) groups is 1. The van der Waals surface area contributed by atoms with Gasteiger partial charge in [0, 0.05) is 12.1 Å². The molecule has 1 fully saturated rings. The molecule has 18 heavy (non-hydrogen) atoms. The summed E-state index contributed by atoms with van der Waals surface area (Å²) in [6, 6.07) is 0. The highest BCUT2D eigenvalue weighted by atomic mass is 19.4. The first-order valence-corrected chi connectivity index (χ1v) is 6.02. The van der Waals surface area contributed by atoms with Crippen LogP contribution >= 0.6 is 0 Å². The molecule has 1 saturated carbocycles. The number of hydrogen-bond donors (Lipinski definition) is 1. The number of hydrazone groups is 1. The lowest BCUT2D eigenvalue weighted by atomic mass is 9.80. The second-order valence-corrected chi connectivity index (χ2v) is 4.67. The predicted octanol–water partition coefficient (Wildman–Crippen LogP) is 2.04. The van der Waals surface area contributed by atoms with Gasteiger partial charge in [-0.2, -0.15) is 23.3 Å². The van der Waals surface area contributed by atoms with Crippen LogP contribution in [0.3, 0.4) is 0 Å². The van der Waals surface area contributed by atoms with Crippen molar-refractivity contribution in [1.29, 1.82) is 0 Å². The van der Waals surface area contributed by atoms with Crippen LogP contribution in [0.25, 0.3) is 0 Å². The fraction of sp³-hybridized carbons (Fsp3) is 0.818. The van der Waals surface area contributed by atoms with Crippen LogP contribution in [0, 0.1) is 5.92 Å². The molecule has 0 aromatic rings. The Kier molecular flexibility index (Phi) is 3.12. The van der Waals surface area contributed by atoms with Crippen molar-refractivity contribution in [2.45, 2.75) is 50.9 Å². The van der Waals surface area contributed by atoms with E-state index in [2.05, 4.69) is 5.10 Å². The van der Waals surface area contributed by atoms with Crippen molar-refractivity contribution in [1.82, 2.24) is 5.01 Å². The summed E-state index contributed by atoms with van der Waals surface area (Å²) in [6.45, 7) is 1.45. The predicted molar refractivity (Wildman–Crippen MR) is 57.5 cm³/mol. The molecule has 1 aliphatic heterocycles. The summed E-state index contributed by atoms with van der Waals surface area (Å²) in [5.74, 6) is -1.92. The van der Waals surface area contributed by atoms with Gasteiger partial charge in [-0.05, 0) is 19.3 Å². The maximum absolute atomic E-state index is 13.1. The molecule has 0 spiro atoms. The Labute approximate surface area is 102 Å². The Bertz CT molecular complexity index is 394. The molecule has 2 rings (SSSR count). The standard InChI is InChI=1S/C11H15F3N2O2/c1-2-9(17)16-10(18,11(12,13)14)7-5-3-4-6-8(7)15-16/h7,18H,2-6H2,1H3. The number of carbonyl (C=O) groups excluding carboxylic acids is 1. The smallest absolute Gasteiger partial charge is 0.362 e. The van der Waals surface area contributed by atoms with E-state index in [1.807, 2.05) is 0 Å². The molecule has 1 amide bonds. The van der Waals surface area contributed by atoms with Gasteiger partial charge in [0.2, 0.25) is 5.91 Å². The SMILES string of the molecule is CCC(=O)N1N=C2CCCCC2C1(O)C(F)(F)F. The molecule has 7 heteroatoms. The first-order valence-electron chi connectivity index (χ1n) is 6.02. The lowest BCUT2D eigenvalue weighted by molar-refractivity contribution is -0.317.